The van der Waals surface area contributed by atoms with E-state index in [4.69, 9.17) is 5.73 Å². The van der Waals surface area contributed by atoms with Crippen LogP contribution in [0.2, 0.25) is 0 Å². The maximum Gasteiger partial charge on any atom is 0.329 e. The summed E-state index contributed by atoms with van der Waals surface area (Å²) in [6.45, 7) is 0.918. The molecular formula is C20H25F3N4O2. The van der Waals surface area contributed by atoms with E-state index in [2.05, 4.69) is 4.98 Å². The van der Waals surface area contributed by atoms with Crippen molar-refractivity contribution in [3.05, 3.63) is 38.3 Å². The fraction of sp³-hybridized carbons (Fsp3) is 0.600. The minimum Gasteiger partial charge on any atom is -0.369 e. The number of nitrogens with zero attached hydrogens (tertiary/aromatic N) is 2. The van der Waals surface area contributed by atoms with Gasteiger partial charge >= 0.3 is 5.69 Å². The Hall–Kier alpha value is -2.29. The Labute approximate surface area is 165 Å². The van der Waals surface area contributed by atoms with Crippen molar-refractivity contribution < 1.29 is 13.2 Å². The first-order valence-electron chi connectivity index (χ1n) is 9.97. The second kappa shape index (κ2) is 7.51. The first kappa shape index (κ1) is 20.0. The van der Waals surface area contributed by atoms with E-state index in [-0.39, 0.29) is 17.3 Å². The van der Waals surface area contributed by atoms with Gasteiger partial charge < -0.3 is 10.6 Å². The van der Waals surface area contributed by atoms with Crippen molar-refractivity contribution in [2.24, 2.45) is 17.6 Å². The molecule has 158 valence electrons. The molecule has 2 aliphatic rings. The van der Waals surface area contributed by atoms with Crippen LogP contribution >= 0.6 is 0 Å². The Balaban J connectivity index is 1.76. The molecule has 2 heterocycles. The Morgan fingerprint density at radius 1 is 1.24 bits per heavy atom. The first-order valence-corrected chi connectivity index (χ1v) is 9.97. The zero-order valence-electron chi connectivity index (χ0n) is 16.3. The van der Waals surface area contributed by atoms with Crippen molar-refractivity contribution in [1.82, 2.24) is 9.55 Å². The third-order valence-corrected chi connectivity index (χ3v) is 6.33. The van der Waals surface area contributed by atoms with Crippen molar-refractivity contribution in [1.29, 1.82) is 0 Å². The molecule has 1 aliphatic heterocycles. The van der Waals surface area contributed by atoms with Crippen molar-refractivity contribution in [2.75, 3.05) is 31.3 Å². The molecule has 1 saturated carbocycles. The molecule has 1 aromatic carbocycles. The number of hydrogen-bond donors (Lipinski definition) is 2. The molecular weight excluding hydrogens is 385 g/mol. The van der Waals surface area contributed by atoms with Crippen LogP contribution < -0.4 is 21.9 Å². The lowest BCUT2D eigenvalue weighted by atomic mass is 9.90. The van der Waals surface area contributed by atoms with Crippen molar-refractivity contribution >= 4 is 16.6 Å². The van der Waals surface area contributed by atoms with Gasteiger partial charge in [0.05, 0.1) is 29.9 Å². The fourth-order valence-electron chi connectivity index (χ4n) is 4.57. The average molecular weight is 410 g/mol. The van der Waals surface area contributed by atoms with Gasteiger partial charge in [0, 0.05) is 36.7 Å². The van der Waals surface area contributed by atoms with Gasteiger partial charge in [-0.1, -0.05) is 0 Å². The topological polar surface area (TPSA) is 84.1 Å². The van der Waals surface area contributed by atoms with E-state index in [0.717, 1.165) is 12.8 Å². The van der Waals surface area contributed by atoms with Crippen molar-refractivity contribution in [3.63, 3.8) is 0 Å². The van der Waals surface area contributed by atoms with Gasteiger partial charge in [-0.3, -0.25) is 23.1 Å². The highest BCUT2D eigenvalue weighted by atomic mass is 19.1. The van der Waals surface area contributed by atoms with Gasteiger partial charge in [-0.25, -0.2) is 9.18 Å². The number of halogens is 3. The maximum absolute atomic E-state index is 15.0. The van der Waals surface area contributed by atoms with Gasteiger partial charge in [0.15, 0.2) is 0 Å². The number of aryl methyl sites for hydroxylation is 1. The normalized spacial score (nSPS) is 20.8. The quantitative estimate of drug-likeness (QED) is 0.765. The molecule has 1 aromatic heterocycles. The van der Waals surface area contributed by atoms with Gasteiger partial charge in [-0.05, 0) is 38.2 Å². The number of nitrogens with two attached hydrogens (primary N) is 1. The van der Waals surface area contributed by atoms with E-state index in [0.29, 0.717) is 36.3 Å². The summed E-state index contributed by atoms with van der Waals surface area (Å²) in [6.07, 6.45) is 2.27. The van der Waals surface area contributed by atoms with Crippen LogP contribution in [-0.2, 0) is 0 Å². The van der Waals surface area contributed by atoms with Crippen LogP contribution in [0.5, 0.6) is 0 Å². The van der Waals surface area contributed by atoms with Crippen LogP contribution in [0.15, 0.2) is 15.7 Å². The zero-order chi connectivity index (χ0) is 20.9. The van der Waals surface area contributed by atoms with Crippen LogP contribution in [-0.4, -0.2) is 42.0 Å². The molecule has 0 radical (unpaired) electrons. The lowest BCUT2D eigenvalue weighted by Crippen LogP contribution is -2.41. The molecule has 2 fully saturated rings. The Kier molecular flexibility index (Phi) is 5.18. The predicted molar refractivity (Wildman–Crippen MR) is 106 cm³/mol. The summed E-state index contributed by atoms with van der Waals surface area (Å²) in [7, 11) is 0. The molecule has 0 bridgehead atoms. The standard InChI is InChI=1S/C20H25F3N4O2/c1-10-17-14(19(28)25-20(29)27(17)13-2-3-13)6-15(23)18(10)26-5-4-11(9-26)16(24)12(7-21)8-22/h6,11-13,16H,2-5,7-9,24H2,1H3,(H,25,28,29). The summed E-state index contributed by atoms with van der Waals surface area (Å²) < 4.78 is 42.7. The highest BCUT2D eigenvalue weighted by Crippen LogP contribution is 2.39. The fourth-order valence-corrected chi connectivity index (χ4v) is 4.57. The highest BCUT2D eigenvalue weighted by Gasteiger charge is 2.35. The minimum absolute atomic E-state index is 0.00785. The second-order valence-corrected chi connectivity index (χ2v) is 8.23. The first-order chi connectivity index (χ1) is 13.9. The van der Waals surface area contributed by atoms with Crippen LogP contribution in [0.1, 0.15) is 30.9 Å². The summed E-state index contributed by atoms with van der Waals surface area (Å²) in [6, 6.07) is 0.536. The number of rotatable bonds is 6. The second-order valence-electron chi connectivity index (χ2n) is 8.23. The van der Waals surface area contributed by atoms with E-state index in [1.165, 1.54) is 6.07 Å². The van der Waals surface area contributed by atoms with Crippen molar-refractivity contribution in [2.45, 2.75) is 38.3 Å². The Morgan fingerprint density at radius 3 is 2.55 bits per heavy atom. The van der Waals surface area contributed by atoms with E-state index < -0.39 is 42.4 Å². The predicted octanol–water partition coefficient (Wildman–Crippen LogP) is 2.18. The average Bonchev–Trinajstić information content (AvgIpc) is 3.40. The number of nitrogens with one attached hydrogen (secondary N) is 1. The summed E-state index contributed by atoms with van der Waals surface area (Å²) in [5, 5.41) is 0.151. The Bertz CT molecular complexity index is 1040. The molecule has 1 saturated heterocycles. The largest absolute Gasteiger partial charge is 0.369 e. The van der Waals surface area contributed by atoms with Crippen LogP contribution in [0.4, 0.5) is 18.9 Å². The molecule has 0 spiro atoms. The molecule has 1 aliphatic carbocycles. The van der Waals surface area contributed by atoms with Gasteiger partial charge in [0.2, 0.25) is 0 Å². The molecule has 3 N–H and O–H groups in total. The van der Waals surface area contributed by atoms with Gasteiger partial charge in [-0.2, -0.15) is 0 Å². The maximum atomic E-state index is 15.0. The Morgan fingerprint density at radius 2 is 1.93 bits per heavy atom. The molecule has 2 atom stereocenters. The third-order valence-electron chi connectivity index (χ3n) is 6.33. The lowest BCUT2D eigenvalue weighted by Gasteiger charge is -2.27. The number of benzene rings is 1. The number of alkyl halides is 2. The molecule has 0 amide bonds. The SMILES string of the molecule is Cc1c(N2CCC(C(N)C(CF)CF)C2)c(F)cc2c(=O)[nH]c(=O)n(C3CC3)c12. The highest BCUT2D eigenvalue weighted by molar-refractivity contribution is 5.87. The minimum atomic E-state index is -0.860. The molecule has 2 aromatic rings. The van der Waals surface area contributed by atoms with Gasteiger partial charge in [0.25, 0.3) is 5.56 Å². The summed E-state index contributed by atoms with van der Waals surface area (Å²) in [5.41, 5.74) is 6.28. The number of aromatic nitrogens is 2. The molecule has 2 unspecified atom stereocenters. The van der Waals surface area contributed by atoms with Gasteiger partial charge in [0.1, 0.15) is 5.82 Å². The van der Waals surface area contributed by atoms with Crippen molar-refractivity contribution in [3.8, 4) is 0 Å². The van der Waals surface area contributed by atoms with Crippen LogP contribution in [0.25, 0.3) is 10.9 Å². The van der Waals surface area contributed by atoms with Crippen LogP contribution in [0.3, 0.4) is 0 Å². The summed E-state index contributed by atoms with van der Waals surface area (Å²) in [4.78, 5) is 28.8. The molecule has 29 heavy (non-hydrogen) atoms. The summed E-state index contributed by atoms with van der Waals surface area (Å²) >= 11 is 0. The number of anilines is 1. The lowest BCUT2D eigenvalue weighted by molar-refractivity contribution is 0.217. The monoisotopic (exact) mass is 410 g/mol. The number of hydrogen-bond acceptors (Lipinski definition) is 4. The number of aromatic amines is 1. The van der Waals surface area contributed by atoms with Crippen LogP contribution in [0, 0.1) is 24.6 Å². The summed E-state index contributed by atoms with van der Waals surface area (Å²) in [5.74, 6) is -1.57. The smallest absolute Gasteiger partial charge is 0.329 e. The molecule has 6 nitrogen and oxygen atoms in total. The molecule has 9 heteroatoms. The number of H-pyrrole nitrogens is 1. The van der Waals surface area contributed by atoms with Gasteiger partial charge in [-0.15, -0.1) is 0 Å². The molecule has 4 rings (SSSR count). The van der Waals surface area contributed by atoms with E-state index >= 15 is 4.39 Å². The van der Waals surface area contributed by atoms with E-state index in [1.54, 1.807) is 11.5 Å². The van der Waals surface area contributed by atoms with E-state index in [9.17, 15) is 18.4 Å². The zero-order valence-corrected chi connectivity index (χ0v) is 16.3. The van der Waals surface area contributed by atoms with E-state index in [1.807, 2.05) is 4.90 Å². The third kappa shape index (κ3) is 3.35. The number of fused-ring (bicyclic) bond motifs is 1.